The predicted molar refractivity (Wildman–Crippen MR) is 94.1 cm³/mol. The van der Waals surface area contributed by atoms with Crippen LogP contribution >= 0.6 is 11.6 Å². The standard InChI is InChI=1S/C18H18ClN3O/c1-3-22-12-20-11-13(2)17(22)14-6-8-15(9-7-14)23-18-16(19)5-4-10-21-18/h4-11H,3,12H2,1-2H3. The summed E-state index contributed by atoms with van der Waals surface area (Å²) < 4.78 is 5.73. The molecule has 4 nitrogen and oxygen atoms in total. The zero-order chi connectivity index (χ0) is 16.2. The predicted octanol–water partition coefficient (Wildman–Crippen LogP) is 4.62. The highest BCUT2D eigenvalue weighted by Gasteiger charge is 2.15. The summed E-state index contributed by atoms with van der Waals surface area (Å²) in [7, 11) is 0. The zero-order valence-corrected chi connectivity index (χ0v) is 13.9. The van der Waals surface area contributed by atoms with Crippen molar-refractivity contribution in [2.75, 3.05) is 13.2 Å². The van der Waals surface area contributed by atoms with Gasteiger partial charge in [-0.25, -0.2) is 4.98 Å². The van der Waals surface area contributed by atoms with Crippen LogP contribution in [0.2, 0.25) is 5.02 Å². The molecule has 2 aromatic rings. The molecule has 3 rings (SSSR count). The lowest BCUT2D eigenvalue weighted by Crippen LogP contribution is -2.26. The number of hydrogen-bond donors (Lipinski definition) is 0. The molecular formula is C18H18ClN3O. The third-order valence-corrected chi connectivity index (χ3v) is 3.96. The number of aliphatic imine (C=N–C) groups is 1. The van der Waals surface area contributed by atoms with Crippen LogP contribution in [0.3, 0.4) is 0 Å². The summed E-state index contributed by atoms with van der Waals surface area (Å²) in [6, 6.07) is 11.5. The van der Waals surface area contributed by atoms with Crippen molar-refractivity contribution in [1.29, 1.82) is 0 Å². The Kier molecular flexibility index (Phi) is 4.63. The molecule has 0 bridgehead atoms. The minimum atomic E-state index is 0.414. The quantitative estimate of drug-likeness (QED) is 0.822. The maximum absolute atomic E-state index is 6.07. The van der Waals surface area contributed by atoms with E-state index in [-0.39, 0.29) is 0 Å². The van der Waals surface area contributed by atoms with Gasteiger partial charge < -0.3 is 9.64 Å². The Labute approximate surface area is 141 Å². The first-order valence-electron chi connectivity index (χ1n) is 7.53. The summed E-state index contributed by atoms with van der Waals surface area (Å²) >= 11 is 6.07. The molecule has 0 amide bonds. The molecule has 1 aliphatic heterocycles. The number of pyridine rings is 1. The fourth-order valence-electron chi connectivity index (χ4n) is 2.56. The molecule has 0 N–H and O–H groups in total. The third-order valence-electron chi connectivity index (χ3n) is 3.68. The molecule has 23 heavy (non-hydrogen) atoms. The van der Waals surface area contributed by atoms with E-state index in [2.05, 4.69) is 28.7 Å². The molecule has 2 heterocycles. The van der Waals surface area contributed by atoms with E-state index in [1.165, 1.54) is 11.3 Å². The smallest absolute Gasteiger partial charge is 0.238 e. The van der Waals surface area contributed by atoms with E-state index in [1.807, 2.05) is 30.5 Å². The fourth-order valence-corrected chi connectivity index (χ4v) is 2.72. The van der Waals surface area contributed by atoms with Gasteiger partial charge in [0.2, 0.25) is 5.88 Å². The number of allylic oxidation sites excluding steroid dienone is 1. The summed E-state index contributed by atoms with van der Waals surface area (Å²) in [6.45, 7) is 5.84. The van der Waals surface area contributed by atoms with E-state index in [4.69, 9.17) is 16.3 Å². The molecule has 0 saturated heterocycles. The molecule has 0 atom stereocenters. The minimum Gasteiger partial charge on any atom is -0.438 e. The largest absolute Gasteiger partial charge is 0.438 e. The van der Waals surface area contributed by atoms with Gasteiger partial charge in [0.1, 0.15) is 17.4 Å². The van der Waals surface area contributed by atoms with Gasteiger partial charge in [0, 0.05) is 24.7 Å². The summed E-state index contributed by atoms with van der Waals surface area (Å²) in [5.74, 6) is 1.12. The number of benzene rings is 1. The Morgan fingerprint density at radius 2 is 2.00 bits per heavy atom. The van der Waals surface area contributed by atoms with E-state index in [9.17, 15) is 0 Å². The van der Waals surface area contributed by atoms with Gasteiger partial charge in [0.05, 0.1) is 0 Å². The zero-order valence-electron chi connectivity index (χ0n) is 13.2. The van der Waals surface area contributed by atoms with Gasteiger partial charge in [-0.3, -0.25) is 4.99 Å². The molecule has 0 aliphatic carbocycles. The lowest BCUT2D eigenvalue weighted by atomic mass is 10.1. The van der Waals surface area contributed by atoms with Crippen LogP contribution in [0, 0.1) is 0 Å². The van der Waals surface area contributed by atoms with Crippen LogP contribution in [-0.4, -0.2) is 29.3 Å². The van der Waals surface area contributed by atoms with Crippen molar-refractivity contribution in [3.05, 3.63) is 58.8 Å². The maximum Gasteiger partial charge on any atom is 0.238 e. The molecule has 0 radical (unpaired) electrons. The fraction of sp³-hybridized carbons (Fsp3) is 0.222. The van der Waals surface area contributed by atoms with Crippen molar-refractivity contribution < 1.29 is 4.74 Å². The SMILES string of the molecule is CCN1CN=CC(C)=C1c1ccc(Oc2ncccc2Cl)cc1. The Bertz CT molecular complexity index is 753. The summed E-state index contributed by atoms with van der Waals surface area (Å²) in [6.07, 6.45) is 3.59. The summed E-state index contributed by atoms with van der Waals surface area (Å²) in [5.41, 5.74) is 3.53. The normalized spacial score (nSPS) is 14.3. The Balaban J connectivity index is 1.85. The molecule has 118 valence electrons. The lowest BCUT2D eigenvalue weighted by molar-refractivity contribution is 0.427. The van der Waals surface area contributed by atoms with Crippen molar-refractivity contribution >= 4 is 23.5 Å². The van der Waals surface area contributed by atoms with Crippen molar-refractivity contribution in [2.24, 2.45) is 4.99 Å². The van der Waals surface area contributed by atoms with Crippen LogP contribution in [0.15, 0.2) is 53.2 Å². The molecule has 0 unspecified atom stereocenters. The Morgan fingerprint density at radius 3 is 2.70 bits per heavy atom. The van der Waals surface area contributed by atoms with E-state index >= 15 is 0 Å². The van der Waals surface area contributed by atoms with E-state index in [0.29, 0.717) is 23.3 Å². The highest BCUT2D eigenvalue weighted by atomic mass is 35.5. The molecule has 1 aliphatic rings. The van der Waals surface area contributed by atoms with Crippen LogP contribution in [0.4, 0.5) is 0 Å². The van der Waals surface area contributed by atoms with Crippen molar-refractivity contribution in [3.8, 4) is 11.6 Å². The minimum absolute atomic E-state index is 0.414. The second kappa shape index (κ2) is 6.84. The molecule has 1 aromatic carbocycles. The molecule has 0 saturated carbocycles. The second-order valence-corrected chi connectivity index (χ2v) is 5.66. The molecule has 5 heteroatoms. The van der Waals surface area contributed by atoms with Crippen molar-refractivity contribution in [1.82, 2.24) is 9.88 Å². The van der Waals surface area contributed by atoms with Crippen molar-refractivity contribution in [3.63, 3.8) is 0 Å². The number of ether oxygens (including phenoxy) is 1. The number of hydrogen-bond acceptors (Lipinski definition) is 4. The number of halogens is 1. The first-order chi connectivity index (χ1) is 11.2. The monoisotopic (exact) mass is 327 g/mol. The van der Waals surface area contributed by atoms with E-state index in [0.717, 1.165) is 12.1 Å². The topological polar surface area (TPSA) is 37.7 Å². The number of aromatic nitrogens is 1. The number of rotatable bonds is 4. The van der Waals surface area contributed by atoms with E-state index < -0.39 is 0 Å². The maximum atomic E-state index is 6.07. The van der Waals surface area contributed by atoms with Crippen LogP contribution in [0.25, 0.3) is 5.70 Å². The van der Waals surface area contributed by atoms with Gasteiger partial charge in [-0.15, -0.1) is 0 Å². The van der Waals surface area contributed by atoms with Gasteiger partial charge in [-0.2, -0.15) is 0 Å². The van der Waals surface area contributed by atoms with Gasteiger partial charge in [0.15, 0.2) is 0 Å². The van der Waals surface area contributed by atoms with Crippen molar-refractivity contribution in [2.45, 2.75) is 13.8 Å². The molecule has 0 fully saturated rings. The Hall–Kier alpha value is -2.33. The average Bonchev–Trinajstić information content (AvgIpc) is 2.57. The van der Waals surface area contributed by atoms with Gasteiger partial charge in [-0.1, -0.05) is 11.6 Å². The molecular weight excluding hydrogens is 310 g/mol. The van der Waals surface area contributed by atoms with E-state index in [1.54, 1.807) is 18.3 Å². The van der Waals surface area contributed by atoms with Gasteiger partial charge >= 0.3 is 0 Å². The summed E-state index contributed by atoms with van der Waals surface area (Å²) in [4.78, 5) is 10.7. The first-order valence-corrected chi connectivity index (χ1v) is 7.91. The molecule has 1 aromatic heterocycles. The molecule has 0 spiro atoms. The van der Waals surface area contributed by atoms with Crippen LogP contribution in [-0.2, 0) is 0 Å². The Morgan fingerprint density at radius 1 is 1.22 bits per heavy atom. The third kappa shape index (κ3) is 3.37. The van der Waals surface area contributed by atoms with Gasteiger partial charge in [0.25, 0.3) is 0 Å². The second-order valence-electron chi connectivity index (χ2n) is 5.26. The highest BCUT2D eigenvalue weighted by molar-refractivity contribution is 6.31. The average molecular weight is 328 g/mol. The number of nitrogens with zero attached hydrogens (tertiary/aromatic N) is 3. The highest BCUT2D eigenvalue weighted by Crippen LogP contribution is 2.29. The lowest BCUT2D eigenvalue weighted by Gasteiger charge is -2.28. The van der Waals surface area contributed by atoms with Crippen LogP contribution in [0.5, 0.6) is 11.6 Å². The first kappa shape index (κ1) is 15.6. The summed E-state index contributed by atoms with van der Waals surface area (Å²) in [5, 5.41) is 0.496. The van der Waals surface area contributed by atoms with Crippen LogP contribution < -0.4 is 4.74 Å². The van der Waals surface area contributed by atoms with Crippen LogP contribution in [0.1, 0.15) is 19.4 Å². The van der Waals surface area contributed by atoms with Gasteiger partial charge in [-0.05, 0) is 61.4 Å².